The zero-order valence-corrected chi connectivity index (χ0v) is 29.7. The molecule has 4 heteroatoms. The molecule has 2 aromatic heterocycles. The third-order valence-corrected chi connectivity index (χ3v) is 10.7. The van der Waals surface area contributed by atoms with Gasteiger partial charge in [-0.15, -0.1) is 0 Å². The lowest BCUT2D eigenvalue weighted by Gasteiger charge is -2.27. The van der Waals surface area contributed by atoms with E-state index >= 15 is 0 Å². The number of aromatic nitrogens is 1. The molecule has 0 spiro atoms. The Morgan fingerprint density at radius 2 is 1.02 bits per heavy atom. The normalized spacial score (nSPS) is 11.6. The summed E-state index contributed by atoms with van der Waals surface area (Å²) in [5.74, 6) is 0.603. The monoisotopic (exact) mass is 704 g/mol. The highest BCUT2D eigenvalue weighted by Crippen LogP contribution is 2.42. The van der Waals surface area contributed by atoms with Crippen molar-refractivity contribution in [1.29, 1.82) is 0 Å². The van der Waals surface area contributed by atoms with E-state index < -0.39 is 0 Å². The summed E-state index contributed by atoms with van der Waals surface area (Å²) in [5, 5.41) is 6.97. The average molecular weight is 705 g/mol. The van der Waals surface area contributed by atoms with E-state index in [9.17, 15) is 0 Å². The summed E-state index contributed by atoms with van der Waals surface area (Å²) >= 11 is 0. The van der Waals surface area contributed by atoms with Crippen molar-refractivity contribution in [3.8, 4) is 33.7 Å². The summed E-state index contributed by atoms with van der Waals surface area (Å²) in [6.07, 6.45) is 0. The number of hydrogen-bond donors (Lipinski definition) is 0. The predicted octanol–water partition coefficient (Wildman–Crippen LogP) is 14.5. The molecule has 0 saturated heterocycles. The molecule has 0 aliphatic heterocycles. The molecule has 258 valence electrons. The first-order valence-electron chi connectivity index (χ1n) is 18.5. The van der Waals surface area contributed by atoms with Crippen LogP contribution in [0, 0.1) is 0 Å². The standard InChI is InChI=1S/C51H32N2O2/c1-3-11-33(12-4-1)38-16-9-17-40(29-38)53(41-28-25-36-22-21-34-13-7-8-18-42(34)45(36)30-41)39-26-23-35(24-27-39)43-19-10-20-44-46-31-49-47(32-48(46)54-50(43)44)52-51(55-49)37-14-5-2-6-15-37/h1-32H. The highest BCUT2D eigenvalue weighted by Gasteiger charge is 2.18. The van der Waals surface area contributed by atoms with E-state index in [-0.39, 0.29) is 0 Å². The third kappa shape index (κ3) is 5.34. The van der Waals surface area contributed by atoms with E-state index in [0.717, 1.165) is 66.8 Å². The lowest BCUT2D eigenvalue weighted by atomic mass is 9.99. The highest BCUT2D eigenvalue weighted by molar-refractivity contribution is 6.13. The molecule has 0 atom stereocenters. The summed E-state index contributed by atoms with van der Waals surface area (Å²) in [4.78, 5) is 7.13. The molecule has 55 heavy (non-hydrogen) atoms. The van der Waals surface area contributed by atoms with E-state index in [1.165, 1.54) is 32.7 Å². The van der Waals surface area contributed by atoms with E-state index in [1.54, 1.807) is 0 Å². The van der Waals surface area contributed by atoms with Gasteiger partial charge in [0.15, 0.2) is 5.58 Å². The maximum atomic E-state index is 6.62. The van der Waals surface area contributed by atoms with Crippen LogP contribution in [0.2, 0.25) is 0 Å². The number of nitrogens with zero attached hydrogens (tertiary/aromatic N) is 2. The highest BCUT2D eigenvalue weighted by atomic mass is 16.4. The molecule has 0 radical (unpaired) electrons. The van der Waals surface area contributed by atoms with Gasteiger partial charge in [-0.05, 0) is 92.8 Å². The summed E-state index contributed by atoms with van der Waals surface area (Å²) < 4.78 is 12.8. The maximum Gasteiger partial charge on any atom is 0.227 e. The van der Waals surface area contributed by atoms with Crippen LogP contribution in [-0.4, -0.2) is 4.98 Å². The quantitative estimate of drug-likeness (QED) is 0.162. The fraction of sp³-hybridized carbons (Fsp3) is 0. The Morgan fingerprint density at radius 3 is 1.85 bits per heavy atom. The molecule has 0 N–H and O–H groups in total. The van der Waals surface area contributed by atoms with Crippen molar-refractivity contribution in [3.63, 3.8) is 0 Å². The lowest BCUT2D eigenvalue weighted by molar-refractivity contribution is 0.620. The fourth-order valence-corrected chi connectivity index (χ4v) is 7.97. The van der Waals surface area contributed by atoms with Crippen LogP contribution in [0.15, 0.2) is 203 Å². The third-order valence-electron chi connectivity index (χ3n) is 10.7. The average Bonchev–Trinajstić information content (AvgIpc) is 3.84. The van der Waals surface area contributed by atoms with Gasteiger partial charge >= 0.3 is 0 Å². The minimum absolute atomic E-state index is 0.603. The number of benzene rings is 9. The van der Waals surface area contributed by atoms with Crippen molar-refractivity contribution >= 4 is 71.6 Å². The number of fused-ring (bicyclic) bond motifs is 7. The SMILES string of the molecule is c1ccc(-c2cccc(N(c3ccc(-c4cccc5c4oc4cc6nc(-c7ccccc7)oc6cc45)cc3)c3ccc4ccc5ccccc5c4c3)c2)cc1. The van der Waals surface area contributed by atoms with Crippen molar-refractivity contribution in [2.45, 2.75) is 0 Å². The largest absolute Gasteiger partial charge is 0.455 e. The zero-order valence-electron chi connectivity index (χ0n) is 29.7. The van der Waals surface area contributed by atoms with Crippen molar-refractivity contribution in [2.75, 3.05) is 4.90 Å². The van der Waals surface area contributed by atoms with Crippen LogP contribution in [0.25, 0.3) is 88.3 Å². The summed E-state index contributed by atoms with van der Waals surface area (Å²) in [7, 11) is 0. The Hall–Kier alpha value is -7.43. The van der Waals surface area contributed by atoms with Crippen LogP contribution in [0.5, 0.6) is 0 Å². The van der Waals surface area contributed by atoms with Crippen LogP contribution in [0.1, 0.15) is 0 Å². The van der Waals surface area contributed by atoms with E-state index in [0.29, 0.717) is 5.89 Å². The van der Waals surface area contributed by atoms with Crippen molar-refractivity contribution in [3.05, 3.63) is 194 Å². The molecule has 2 heterocycles. The van der Waals surface area contributed by atoms with Crippen LogP contribution in [0.4, 0.5) is 17.1 Å². The summed E-state index contributed by atoms with van der Waals surface area (Å²) in [6, 6.07) is 68.3. The van der Waals surface area contributed by atoms with Gasteiger partial charge in [-0.25, -0.2) is 4.98 Å². The first kappa shape index (κ1) is 31.1. The topological polar surface area (TPSA) is 42.4 Å². The van der Waals surface area contributed by atoms with E-state index in [4.69, 9.17) is 13.8 Å². The first-order chi connectivity index (χ1) is 27.2. The molecule has 0 unspecified atom stereocenters. The number of oxazole rings is 1. The summed E-state index contributed by atoms with van der Waals surface area (Å²) in [5.41, 5.74) is 11.8. The predicted molar refractivity (Wildman–Crippen MR) is 227 cm³/mol. The zero-order chi connectivity index (χ0) is 36.3. The van der Waals surface area contributed by atoms with Crippen molar-refractivity contribution < 1.29 is 8.83 Å². The molecule has 0 amide bonds. The first-order valence-corrected chi connectivity index (χ1v) is 18.5. The number of furan rings is 1. The van der Waals surface area contributed by atoms with Gasteiger partial charge in [0.2, 0.25) is 5.89 Å². The molecule has 11 rings (SSSR count). The molecule has 0 aliphatic carbocycles. The Balaban J connectivity index is 1.02. The van der Waals surface area contributed by atoms with Crippen LogP contribution < -0.4 is 4.90 Å². The molecule has 4 nitrogen and oxygen atoms in total. The lowest BCUT2D eigenvalue weighted by Crippen LogP contribution is -2.10. The van der Waals surface area contributed by atoms with Crippen LogP contribution in [-0.2, 0) is 0 Å². The second kappa shape index (κ2) is 12.6. The minimum atomic E-state index is 0.603. The van der Waals surface area contributed by atoms with Gasteiger partial charge in [-0.2, -0.15) is 0 Å². The second-order valence-corrected chi connectivity index (χ2v) is 14.0. The molecule has 0 saturated carbocycles. The number of para-hydroxylation sites is 1. The number of anilines is 3. The molecule has 9 aromatic carbocycles. The minimum Gasteiger partial charge on any atom is -0.455 e. The summed E-state index contributed by atoms with van der Waals surface area (Å²) in [6.45, 7) is 0. The van der Waals surface area contributed by atoms with Gasteiger partial charge in [-0.1, -0.05) is 133 Å². The number of rotatable bonds is 6. The van der Waals surface area contributed by atoms with Gasteiger partial charge in [0.1, 0.15) is 16.7 Å². The maximum absolute atomic E-state index is 6.62. The Kier molecular flexibility index (Phi) is 7.14. The fourth-order valence-electron chi connectivity index (χ4n) is 7.97. The molecule has 0 aliphatic rings. The van der Waals surface area contributed by atoms with Crippen LogP contribution >= 0.6 is 0 Å². The van der Waals surface area contributed by atoms with E-state index in [1.807, 2.05) is 36.4 Å². The van der Waals surface area contributed by atoms with Crippen molar-refractivity contribution in [1.82, 2.24) is 4.98 Å². The van der Waals surface area contributed by atoms with Gasteiger partial charge in [0.25, 0.3) is 0 Å². The van der Waals surface area contributed by atoms with Crippen LogP contribution in [0.3, 0.4) is 0 Å². The van der Waals surface area contributed by atoms with Gasteiger partial charge < -0.3 is 13.7 Å². The molecule has 0 fully saturated rings. The number of hydrogen-bond acceptors (Lipinski definition) is 4. The second-order valence-electron chi connectivity index (χ2n) is 14.0. The Labute approximate surface area is 317 Å². The van der Waals surface area contributed by atoms with Gasteiger partial charge in [0.05, 0.1) is 0 Å². The van der Waals surface area contributed by atoms with Gasteiger partial charge in [-0.3, -0.25) is 0 Å². The molecule has 0 bridgehead atoms. The molecule has 11 aromatic rings. The molecular weight excluding hydrogens is 673 g/mol. The Morgan fingerprint density at radius 1 is 0.364 bits per heavy atom. The van der Waals surface area contributed by atoms with Gasteiger partial charge in [0, 0.05) is 45.0 Å². The van der Waals surface area contributed by atoms with E-state index in [2.05, 4.69) is 163 Å². The van der Waals surface area contributed by atoms with Crippen molar-refractivity contribution in [2.24, 2.45) is 0 Å². The molecular formula is C51H32N2O2. The Bertz CT molecular complexity index is 3200. The smallest absolute Gasteiger partial charge is 0.227 e.